The van der Waals surface area contributed by atoms with Crippen molar-refractivity contribution in [3.05, 3.63) is 59.9 Å². The van der Waals surface area contributed by atoms with E-state index < -0.39 is 6.04 Å². The Balaban J connectivity index is 1.63. The van der Waals surface area contributed by atoms with E-state index in [1.165, 1.54) is 0 Å². The molecule has 1 N–H and O–H groups in total. The van der Waals surface area contributed by atoms with E-state index in [1.54, 1.807) is 18.1 Å². The van der Waals surface area contributed by atoms with Crippen molar-refractivity contribution in [3.8, 4) is 5.75 Å². The summed E-state index contributed by atoms with van der Waals surface area (Å²) in [5, 5.41) is 2.88. The average Bonchev–Trinajstić information content (AvgIpc) is 2.73. The maximum absolute atomic E-state index is 12.8. The molecule has 7 heteroatoms. The van der Waals surface area contributed by atoms with Gasteiger partial charge in [0.1, 0.15) is 5.75 Å². The molecule has 0 radical (unpaired) electrons. The highest BCUT2D eigenvalue weighted by Gasteiger charge is 2.32. The van der Waals surface area contributed by atoms with Gasteiger partial charge >= 0.3 is 0 Å². The topological polar surface area (TPSA) is 74.8 Å². The van der Waals surface area contributed by atoms with Crippen LogP contribution in [0.25, 0.3) is 0 Å². The van der Waals surface area contributed by atoms with Crippen molar-refractivity contribution in [2.45, 2.75) is 32.5 Å². The van der Waals surface area contributed by atoms with Crippen molar-refractivity contribution in [1.29, 1.82) is 0 Å². The smallest absolute Gasteiger partial charge is 0.237 e. The molecule has 0 unspecified atom stereocenters. The number of ether oxygens (including phenoxy) is 1. The molecule has 1 aliphatic heterocycles. The van der Waals surface area contributed by atoms with Gasteiger partial charge < -0.3 is 15.0 Å². The Hall–Kier alpha value is -2.93. The minimum Gasteiger partial charge on any atom is -0.494 e. The van der Waals surface area contributed by atoms with Crippen molar-refractivity contribution in [1.82, 2.24) is 20.1 Å². The van der Waals surface area contributed by atoms with Crippen LogP contribution >= 0.6 is 0 Å². The maximum Gasteiger partial charge on any atom is 0.237 e. The molecule has 0 bridgehead atoms. The second-order valence-electron chi connectivity index (χ2n) is 7.13. The molecule has 29 heavy (non-hydrogen) atoms. The third kappa shape index (κ3) is 5.77. The normalized spacial score (nSPS) is 16.9. The number of rotatable bonds is 8. The molecule has 1 saturated heterocycles. The van der Waals surface area contributed by atoms with E-state index in [9.17, 15) is 9.59 Å². The Morgan fingerprint density at radius 3 is 2.76 bits per heavy atom. The fourth-order valence-corrected chi connectivity index (χ4v) is 3.41. The Labute approximate surface area is 171 Å². The van der Waals surface area contributed by atoms with Crippen molar-refractivity contribution in [2.24, 2.45) is 0 Å². The van der Waals surface area contributed by atoms with Crippen LogP contribution in [0.3, 0.4) is 0 Å². The molecule has 2 amide bonds. The third-order valence-electron chi connectivity index (χ3n) is 4.98. The van der Waals surface area contributed by atoms with Crippen LogP contribution in [0.1, 0.15) is 24.6 Å². The molecule has 154 valence electrons. The van der Waals surface area contributed by atoms with Gasteiger partial charge in [0, 0.05) is 32.9 Å². The van der Waals surface area contributed by atoms with Crippen molar-refractivity contribution >= 4 is 11.8 Å². The Kier molecular flexibility index (Phi) is 7.19. The summed E-state index contributed by atoms with van der Waals surface area (Å²) in [5.41, 5.74) is 1.91. The van der Waals surface area contributed by atoms with Crippen molar-refractivity contribution in [3.63, 3.8) is 0 Å². The van der Waals surface area contributed by atoms with Gasteiger partial charge in [-0.05, 0) is 36.8 Å². The first-order valence-corrected chi connectivity index (χ1v) is 9.94. The summed E-state index contributed by atoms with van der Waals surface area (Å²) in [7, 11) is 1.74. The highest BCUT2D eigenvalue weighted by molar-refractivity contribution is 5.88. The van der Waals surface area contributed by atoms with Gasteiger partial charge in [-0.3, -0.25) is 19.5 Å². The fourth-order valence-electron chi connectivity index (χ4n) is 3.41. The zero-order chi connectivity index (χ0) is 20.6. The summed E-state index contributed by atoms with van der Waals surface area (Å²) in [5.74, 6) is 0.659. The monoisotopic (exact) mass is 396 g/mol. The quantitative estimate of drug-likeness (QED) is 0.737. The number of carbonyl (C=O) groups is 2. The lowest BCUT2D eigenvalue weighted by atomic mass is 10.1. The molecule has 0 saturated carbocycles. The lowest BCUT2D eigenvalue weighted by molar-refractivity contribution is -0.138. The van der Waals surface area contributed by atoms with E-state index in [0.717, 1.165) is 17.0 Å². The summed E-state index contributed by atoms with van der Waals surface area (Å²) in [6, 6.07) is 13.0. The first-order valence-electron chi connectivity index (χ1n) is 9.94. The van der Waals surface area contributed by atoms with Crippen LogP contribution in [0.4, 0.5) is 0 Å². The minimum atomic E-state index is -0.478. The molecule has 0 aliphatic carbocycles. The van der Waals surface area contributed by atoms with Gasteiger partial charge in [-0.1, -0.05) is 18.2 Å². The second kappa shape index (κ2) is 10.0. The molecule has 1 aromatic heterocycles. The number of nitrogens with one attached hydrogen (secondary N) is 1. The molecule has 2 heterocycles. The van der Waals surface area contributed by atoms with E-state index in [4.69, 9.17) is 4.74 Å². The fraction of sp³-hybridized carbons (Fsp3) is 0.409. The summed E-state index contributed by atoms with van der Waals surface area (Å²) in [4.78, 5) is 33.2. The lowest BCUT2D eigenvalue weighted by Crippen LogP contribution is -2.56. The molecule has 1 aromatic carbocycles. The standard InChI is InChI=1S/C22H28N4O3/c1-3-29-19-9-7-17(8-10-19)15-26-13-12-24-22(28)20(26)14-21(27)25(2)16-18-6-4-5-11-23-18/h4-11,20H,3,12-16H2,1-2H3,(H,24,28)/t20-/m1/s1. The number of benzene rings is 1. The van der Waals surface area contributed by atoms with Crippen LogP contribution in [0.2, 0.25) is 0 Å². The Morgan fingerprint density at radius 2 is 2.07 bits per heavy atom. The zero-order valence-electron chi connectivity index (χ0n) is 17.0. The molecule has 1 aliphatic rings. The van der Waals surface area contributed by atoms with Crippen LogP contribution in [-0.2, 0) is 22.7 Å². The number of carbonyl (C=O) groups excluding carboxylic acids is 2. The van der Waals surface area contributed by atoms with Crippen LogP contribution in [0, 0.1) is 0 Å². The summed E-state index contributed by atoms with van der Waals surface area (Å²) >= 11 is 0. The lowest BCUT2D eigenvalue weighted by Gasteiger charge is -2.35. The molecule has 3 rings (SSSR count). The second-order valence-corrected chi connectivity index (χ2v) is 7.13. The predicted molar refractivity (Wildman–Crippen MR) is 110 cm³/mol. The number of piperazine rings is 1. The van der Waals surface area contributed by atoms with E-state index in [2.05, 4.69) is 15.2 Å². The maximum atomic E-state index is 12.8. The molecule has 0 spiro atoms. The van der Waals surface area contributed by atoms with Gasteiger partial charge in [-0.2, -0.15) is 0 Å². The number of amides is 2. The zero-order valence-corrected chi connectivity index (χ0v) is 17.0. The SMILES string of the molecule is CCOc1ccc(CN2CCNC(=O)[C@H]2CC(=O)N(C)Cc2ccccn2)cc1. The van der Waals surface area contributed by atoms with Gasteiger partial charge in [0.25, 0.3) is 0 Å². The highest BCUT2D eigenvalue weighted by atomic mass is 16.5. The molecule has 1 atom stereocenters. The number of aromatic nitrogens is 1. The first-order chi connectivity index (χ1) is 14.1. The molecule has 1 fully saturated rings. The van der Waals surface area contributed by atoms with Gasteiger partial charge in [-0.25, -0.2) is 0 Å². The number of nitrogens with zero attached hydrogens (tertiary/aromatic N) is 3. The van der Waals surface area contributed by atoms with E-state index in [-0.39, 0.29) is 18.2 Å². The first kappa shape index (κ1) is 20.8. The van der Waals surface area contributed by atoms with Gasteiger partial charge in [-0.15, -0.1) is 0 Å². The van der Waals surface area contributed by atoms with Crippen LogP contribution < -0.4 is 10.1 Å². The molecule has 2 aromatic rings. The van der Waals surface area contributed by atoms with Gasteiger partial charge in [0.15, 0.2) is 0 Å². The van der Waals surface area contributed by atoms with Crippen molar-refractivity contribution < 1.29 is 14.3 Å². The Bertz CT molecular complexity index is 811. The molecular formula is C22H28N4O3. The number of pyridine rings is 1. The summed E-state index contributed by atoms with van der Waals surface area (Å²) in [6.07, 6.45) is 1.85. The molecular weight excluding hydrogens is 368 g/mol. The average molecular weight is 396 g/mol. The van der Waals surface area contributed by atoms with Crippen LogP contribution in [-0.4, -0.2) is 59.4 Å². The van der Waals surface area contributed by atoms with Gasteiger partial charge in [0.05, 0.1) is 31.3 Å². The number of hydrogen-bond acceptors (Lipinski definition) is 5. The largest absolute Gasteiger partial charge is 0.494 e. The predicted octanol–water partition coefficient (Wildman–Crippen LogP) is 1.83. The third-order valence-corrected chi connectivity index (χ3v) is 4.98. The van der Waals surface area contributed by atoms with Gasteiger partial charge in [0.2, 0.25) is 11.8 Å². The Morgan fingerprint density at radius 1 is 1.28 bits per heavy atom. The van der Waals surface area contributed by atoms with Crippen LogP contribution in [0.5, 0.6) is 5.75 Å². The number of hydrogen-bond donors (Lipinski definition) is 1. The summed E-state index contributed by atoms with van der Waals surface area (Å²) < 4.78 is 5.48. The van der Waals surface area contributed by atoms with E-state index in [1.807, 2.05) is 49.4 Å². The van der Waals surface area contributed by atoms with E-state index in [0.29, 0.717) is 32.8 Å². The van der Waals surface area contributed by atoms with Crippen LogP contribution in [0.15, 0.2) is 48.7 Å². The van der Waals surface area contributed by atoms with E-state index >= 15 is 0 Å². The molecule has 7 nitrogen and oxygen atoms in total. The highest BCUT2D eigenvalue weighted by Crippen LogP contribution is 2.18. The minimum absolute atomic E-state index is 0.0746. The summed E-state index contributed by atoms with van der Waals surface area (Å²) in [6.45, 7) is 4.91. The van der Waals surface area contributed by atoms with Crippen molar-refractivity contribution in [2.75, 3.05) is 26.7 Å².